The summed E-state index contributed by atoms with van der Waals surface area (Å²) < 4.78 is 7.27. The van der Waals surface area contributed by atoms with Crippen molar-refractivity contribution in [2.24, 2.45) is 5.41 Å². The highest BCUT2D eigenvalue weighted by molar-refractivity contribution is 5.76. The minimum atomic E-state index is -0.591. The van der Waals surface area contributed by atoms with Gasteiger partial charge in [-0.05, 0) is 51.2 Å². The first-order chi connectivity index (χ1) is 21.6. The molecule has 0 N–H and O–H groups in total. The maximum atomic E-state index is 14.3. The Balaban J connectivity index is 1.22. The molecule has 9 nitrogen and oxygen atoms in total. The Morgan fingerprint density at radius 3 is 2.29 bits per heavy atom. The predicted molar refractivity (Wildman–Crippen MR) is 174 cm³/mol. The van der Waals surface area contributed by atoms with Crippen molar-refractivity contribution in [3.8, 4) is 11.3 Å². The molecule has 2 saturated heterocycles. The van der Waals surface area contributed by atoms with E-state index in [0.29, 0.717) is 44.8 Å². The van der Waals surface area contributed by atoms with Crippen molar-refractivity contribution in [3.63, 3.8) is 0 Å². The third-order valence-electron chi connectivity index (χ3n) is 9.32. The van der Waals surface area contributed by atoms with E-state index in [1.165, 1.54) is 5.57 Å². The number of nitrogens with zero attached hydrogens (tertiary/aromatic N) is 5. The van der Waals surface area contributed by atoms with Gasteiger partial charge in [-0.2, -0.15) is 0 Å². The lowest BCUT2D eigenvalue weighted by molar-refractivity contribution is 0.00520. The second-order valence-corrected chi connectivity index (χ2v) is 13.5. The predicted octanol–water partition coefficient (Wildman–Crippen LogP) is 6.43. The molecule has 0 unspecified atom stereocenters. The maximum absolute atomic E-state index is 14.3. The molecule has 6 rings (SSSR count). The lowest BCUT2D eigenvalue weighted by atomic mass is 9.74. The Kier molecular flexibility index (Phi) is 8.53. The summed E-state index contributed by atoms with van der Waals surface area (Å²) in [4.78, 5) is 50.7. The van der Waals surface area contributed by atoms with Gasteiger partial charge in [-0.25, -0.2) is 14.6 Å². The zero-order chi connectivity index (χ0) is 31.6. The Labute approximate surface area is 265 Å². The van der Waals surface area contributed by atoms with Crippen molar-refractivity contribution >= 4 is 18.3 Å². The lowest BCUT2D eigenvalue weighted by Crippen LogP contribution is -2.58. The Hall–Kier alpha value is -4.40. The number of piperidine rings is 1. The van der Waals surface area contributed by atoms with E-state index in [2.05, 4.69) is 4.98 Å². The highest BCUT2D eigenvalue weighted by atomic mass is 16.6. The number of rotatable bonds is 3. The van der Waals surface area contributed by atoms with E-state index >= 15 is 0 Å². The molecule has 3 aliphatic rings. The van der Waals surface area contributed by atoms with E-state index in [1.54, 1.807) is 21.9 Å². The van der Waals surface area contributed by atoms with Crippen LogP contribution < -0.4 is 5.56 Å². The Morgan fingerprint density at radius 2 is 1.62 bits per heavy atom. The fourth-order valence-corrected chi connectivity index (χ4v) is 7.05. The monoisotopic (exact) mass is 609 g/mol. The summed E-state index contributed by atoms with van der Waals surface area (Å²) in [6, 6.07) is 21.0. The molecule has 1 aromatic heterocycles. The number of benzene rings is 2. The fourth-order valence-electron chi connectivity index (χ4n) is 7.05. The normalized spacial score (nSPS) is 20.9. The van der Waals surface area contributed by atoms with Crippen molar-refractivity contribution in [3.05, 3.63) is 94.5 Å². The third-order valence-corrected chi connectivity index (χ3v) is 9.32. The molecule has 9 heteroatoms. The minimum Gasteiger partial charge on any atom is -0.444 e. The van der Waals surface area contributed by atoms with Crippen LogP contribution in [0.4, 0.5) is 9.59 Å². The second-order valence-electron chi connectivity index (χ2n) is 13.5. The van der Waals surface area contributed by atoms with Gasteiger partial charge in [0.2, 0.25) is 0 Å². The first-order valence-electron chi connectivity index (χ1n) is 16.1. The number of hydrogen-bond acceptors (Lipinski definition) is 5. The minimum absolute atomic E-state index is 0.00376. The Bertz CT molecular complexity index is 1610. The first kappa shape index (κ1) is 30.6. The van der Waals surface area contributed by atoms with Crippen LogP contribution >= 0.6 is 0 Å². The van der Waals surface area contributed by atoms with Gasteiger partial charge in [-0.1, -0.05) is 73.5 Å². The van der Waals surface area contributed by atoms with Crippen LogP contribution in [0.1, 0.15) is 64.5 Å². The molecule has 2 aromatic carbocycles. The summed E-state index contributed by atoms with van der Waals surface area (Å²) in [5, 5.41) is 0. The van der Waals surface area contributed by atoms with E-state index in [1.807, 2.05) is 97.4 Å². The van der Waals surface area contributed by atoms with E-state index in [9.17, 15) is 14.4 Å². The van der Waals surface area contributed by atoms with Gasteiger partial charge in [-0.3, -0.25) is 9.36 Å². The number of likely N-dealkylation sites (tertiary alicyclic amines) is 1. The molecule has 3 fully saturated rings. The van der Waals surface area contributed by atoms with Gasteiger partial charge in [0.05, 0.1) is 11.7 Å². The van der Waals surface area contributed by atoms with Crippen LogP contribution in [0.15, 0.2) is 83.4 Å². The molecule has 1 aliphatic carbocycles. The summed E-state index contributed by atoms with van der Waals surface area (Å²) >= 11 is 0. The van der Waals surface area contributed by atoms with Gasteiger partial charge >= 0.3 is 12.1 Å². The molecule has 2 aliphatic heterocycles. The summed E-state index contributed by atoms with van der Waals surface area (Å²) in [5.41, 5.74) is 2.92. The number of urea groups is 1. The Morgan fingerprint density at radius 1 is 0.933 bits per heavy atom. The summed E-state index contributed by atoms with van der Waals surface area (Å²) in [6.07, 6.45) is 8.11. The number of aromatic nitrogens is 2. The van der Waals surface area contributed by atoms with Gasteiger partial charge in [-0.15, -0.1) is 0 Å². The molecule has 45 heavy (non-hydrogen) atoms. The lowest BCUT2D eigenvalue weighted by Gasteiger charge is -2.47. The van der Waals surface area contributed by atoms with Gasteiger partial charge in [0.15, 0.2) is 0 Å². The van der Waals surface area contributed by atoms with Crippen LogP contribution in [-0.4, -0.2) is 74.7 Å². The van der Waals surface area contributed by atoms with Crippen molar-refractivity contribution in [2.45, 2.75) is 64.5 Å². The van der Waals surface area contributed by atoms with E-state index < -0.39 is 5.60 Å². The van der Waals surface area contributed by atoms with Crippen LogP contribution in [0.3, 0.4) is 0 Å². The van der Waals surface area contributed by atoms with Crippen LogP contribution in [-0.2, 0) is 4.74 Å². The first-order valence-corrected chi connectivity index (χ1v) is 16.1. The topological polar surface area (TPSA) is 88.0 Å². The van der Waals surface area contributed by atoms with Crippen molar-refractivity contribution in [1.82, 2.24) is 24.3 Å². The summed E-state index contributed by atoms with van der Waals surface area (Å²) in [5.74, 6) is 0. The third kappa shape index (κ3) is 6.67. The molecule has 0 radical (unpaired) electrons. The van der Waals surface area contributed by atoms with E-state index in [0.717, 1.165) is 36.8 Å². The van der Waals surface area contributed by atoms with Crippen LogP contribution in [0.25, 0.3) is 17.5 Å². The zero-order valence-electron chi connectivity index (χ0n) is 26.5. The van der Waals surface area contributed by atoms with Crippen LogP contribution in [0.5, 0.6) is 0 Å². The number of carbonyl (C=O) groups excluding carboxylic acids is 2. The van der Waals surface area contributed by atoms with E-state index in [4.69, 9.17) is 4.74 Å². The number of piperazine rings is 1. The quantitative estimate of drug-likeness (QED) is 0.342. The average Bonchev–Trinajstić information content (AvgIpc) is 3.51. The average molecular weight is 610 g/mol. The van der Waals surface area contributed by atoms with Gasteiger partial charge < -0.3 is 19.4 Å². The zero-order valence-corrected chi connectivity index (χ0v) is 26.5. The highest BCUT2D eigenvalue weighted by Gasteiger charge is 2.45. The largest absolute Gasteiger partial charge is 0.444 e. The van der Waals surface area contributed by atoms with Crippen molar-refractivity contribution in [1.29, 1.82) is 0 Å². The standard InChI is InChI=1S/C36H43N5O4/c1-35(2,3)45-34(44)38-20-21-41(31(24-38)28-14-8-5-9-15-28)33(43)39-19-16-29(36(25-39)17-10-11-18-36)23-40-26-37-30(22-32(40)42)27-12-6-4-7-13-27/h4-9,12-15,22-23,26,31H,10-11,16-21,24-25H2,1-3H3/b29-23-/t31-/m0/s1. The molecule has 1 spiro atoms. The number of ether oxygens (including phenoxy) is 1. The molecule has 1 saturated carbocycles. The second kappa shape index (κ2) is 12.5. The van der Waals surface area contributed by atoms with Gasteiger partial charge in [0.1, 0.15) is 11.9 Å². The SMILES string of the molecule is CC(C)(C)OC(=O)N1CCN(C(=O)N2CC/C(=C/n3cnc(-c4ccccc4)cc3=O)C3(CCCC3)C2)[C@H](c2ccccc2)C1. The number of hydrogen-bond donors (Lipinski definition) is 0. The fraction of sp³-hybridized carbons (Fsp3) is 0.444. The molecule has 236 valence electrons. The molecule has 3 amide bonds. The number of carbonyl (C=O) groups is 2. The van der Waals surface area contributed by atoms with Crippen LogP contribution in [0, 0.1) is 5.41 Å². The smallest absolute Gasteiger partial charge is 0.410 e. The maximum Gasteiger partial charge on any atom is 0.410 e. The number of amides is 3. The van der Waals surface area contributed by atoms with Crippen molar-refractivity contribution < 1.29 is 14.3 Å². The van der Waals surface area contributed by atoms with E-state index in [-0.39, 0.29) is 29.1 Å². The molecular weight excluding hydrogens is 566 g/mol. The summed E-state index contributed by atoms with van der Waals surface area (Å²) in [6.45, 7) is 8.02. The van der Waals surface area contributed by atoms with Crippen molar-refractivity contribution in [2.75, 3.05) is 32.7 Å². The molecule has 3 aromatic rings. The molecule has 1 atom stereocenters. The van der Waals surface area contributed by atoms with Gasteiger partial charge in [0, 0.05) is 56.0 Å². The molecule has 3 heterocycles. The molecule has 0 bridgehead atoms. The highest BCUT2D eigenvalue weighted by Crippen LogP contribution is 2.49. The molecular formula is C36H43N5O4. The van der Waals surface area contributed by atoms with Gasteiger partial charge in [0.25, 0.3) is 5.56 Å². The van der Waals surface area contributed by atoms with Crippen LogP contribution in [0.2, 0.25) is 0 Å². The summed E-state index contributed by atoms with van der Waals surface area (Å²) in [7, 11) is 0.